The fraction of sp³-hybridized carbons (Fsp3) is 0.769. The first-order valence-corrected chi connectivity index (χ1v) is 6.02. The van der Waals surface area contributed by atoms with Crippen molar-refractivity contribution in [2.24, 2.45) is 35.5 Å². The van der Waals surface area contributed by atoms with Crippen molar-refractivity contribution in [1.82, 2.24) is 0 Å². The average Bonchev–Trinajstić information content (AvgIpc) is 2.94. The first-order chi connectivity index (χ1) is 6.88. The van der Waals surface area contributed by atoms with Crippen molar-refractivity contribution < 1.29 is 4.79 Å². The van der Waals surface area contributed by atoms with E-state index < -0.39 is 0 Å². The van der Waals surface area contributed by atoms with Crippen LogP contribution in [-0.2, 0) is 4.79 Å². The Balaban J connectivity index is 1.76. The molecule has 4 bridgehead atoms. The van der Waals surface area contributed by atoms with E-state index in [-0.39, 0.29) is 0 Å². The second-order valence-electron chi connectivity index (χ2n) is 5.78. The summed E-state index contributed by atoms with van der Waals surface area (Å²) in [6.45, 7) is 0. The van der Waals surface area contributed by atoms with Gasteiger partial charge in [0.1, 0.15) is 6.29 Å². The van der Waals surface area contributed by atoms with Gasteiger partial charge in [0.05, 0.1) is 0 Å². The number of hydrogen-bond donors (Lipinski definition) is 0. The van der Waals surface area contributed by atoms with E-state index in [0.29, 0.717) is 5.92 Å². The van der Waals surface area contributed by atoms with Crippen LogP contribution in [0.4, 0.5) is 0 Å². The molecule has 0 spiro atoms. The van der Waals surface area contributed by atoms with Crippen LogP contribution >= 0.6 is 0 Å². The van der Waals surface area contributed by atoms with Gasteiger partial charge in [-0.25, -0.2) is 0 Å². The van der Waals surface area contributed by atoms with Gasteiger partial charge in [-0.05, 0) is 55.3 Å². The summed E-state index contributed by atoms with van der Waals surface area (Å²) in [7, 11) is 0. The van der Waals surface area contributed by atoms with Gasteiger partial charge in [-0.3, -0.25) is 0 Å². The van der Waals surface area contributed by atoms with Crippen molar-refractivity contribution in [3.63, 3.8) is 0 Å². The van der Waals surface area contributed by atoms with Gasteiger partial charge < -0.3 is 4.79 Å². The molecular formula is C13H16O. The molecule has 14 heavy (non-hydrogen) atoms. The van der Waals surface area contributed by atoms with Gasteiger partial charge in [0.15, 0.2) is 0 Å². The average molecular weight is 188 g/mol. The highest BCUT2D eigenvalue weighted by molar-refractivity contribution is 5.56. The molecule has 0 amide bonds. The summed E-state index contributed by atoms with van der Waals surface area (Å²) in [6, 6.07) is 0. The Morgan fingerprint density at radius 3 is 3.07 bits per heavy atom. The number of carbonyl (C=O) groups is 1. The van der Waals surface area contributed by atoms with E-state index in [1.54, 1.807) is 5.57 Å². The zero-order chi connectivity index (χ0) is 9.28. The standard InChI is InChI=1S/C13H16O/c14-6-10-4-9-5-11(10)13-8-2-1-7(3-8)12(9)13/h1,6,8-13H,2-5H2. The quantitative estimate of drug-likeness (QED) is 0.351. The van der Waals surface area contributed by atoms with Crippen molar-refractivity contribution in [2.75, 3.05) is 0 Å². The fourth-order valence-corrected chi connectivity index (χ4v) is 5.15. The van der Waals surface area contributed by atoms with E-state index in [2.05, 4.69) is 6.08 Å². The second-order valence-corrected chi connectivity index (χ2v) is 5.78. The lowest BCUT2D eigenvalue weighted by molar-refractivity contribution is -0.113. The van der Waals surface area contributed by atoms with Crippen LogP contribution in [-0.4, -0.2) is 6.29 Å². The first kappa shape index (κ1) is 7.67. The summed E-state index contributed by atoms with van der Waals surface area (Å²) in [4.78, 5) is 11.0. The Hall–Kier alpha value is -0.590. The lowest BCUT2D eigenvalue weighted by Crippen LogP contribution is -2.30. The fourth-order valence-electron chi connectivity index (χ4n) is 5.15. The van der Waals surface area contributed by atoms with Gasteiger partial charge >= 0.3 is 0 Å². The Morgan fingerprint density at radius 1 is 1.29 bits per heavy atom. The van der Waals surface area contributed by atoms with Crippen molar-refractivity contribution in [3.8, 4) is 0 Å². The summed E-state index contributed by atoms with van der Waals surface area (Å²) >= 11 is 0. The molecule has 0 radical (unpaired) electrons. The van der Waals surface area contributed by atoms with Crippen molar-refractivity contribution in [2.45, 2.75) is 25.7 Å². The summed E-state index contributed by atoms with van der Waals surface area (Å²) < 4.78 is 0. The SMILES string of the molecule is O=CC1CC2CC1C1C3CC=C(C3)C21. The third-order valence-corrected chi connectivity index (χ3v) is 5.44. The second kappa shape index (κ2) is 2.32. The summed E-state index contributed by atoms with van der Waals surface area (Å²) in [5.74, 6) is 4.88. The number of aldehydes is 1. The minimum absolute atomic E-state index is 0.432. The topological polar surface area (TPSA) is 17.1 Å². The molecule has 1 heteroatoms. The Morgan fingerprint density at radius 2 is 2.21 bits per heavy atom. The maximum absolute atomic E-state index is 11.0. The molecule has 0 N–H and O–H groups in total. The molecule has 0 aromatic heterocycles. The Kier molecular flexibility index (Phi) is 1.27. The highest BCUT2D eigenvalue weighted by Gasteiger charge is 2.59. The molecule has 1 nitrogen and oxygen atoms in total. The molecule has 0 aliphatic heterocycles. The van der Waals surface area contributed by atoms with E-state index in [0.717, 1.165) is 29.6 Å². The number of fused-ring (bicyclic) bond motifs is 9. The Labute approximate surface area is 84.6 Å². The first-order valence-electron chi connectivity index (χ1n) is 6.02. The molecule has 0 aromatic carbocycles. The zero-order valence-electron chi connectivity index (χ0n) is 8.36. The molecule has 4 rings (SSSR count). The summed E-state index contributed by atoms with van der Waals surface area (Å²) in [5.41, 5.74) is 1.77. The summed E-state index contributed by atoms with van der Waals surface area (Å²) in [6.07, 6.45) is 9.04. The third-order valence-electron chi connectivity index (χ3n) is 5.44. The van der Waals surface area contributed by atoms with Crippen LogP contribution in [0.2, 0.25) is 0 Å². The van der Waals surface area contributed by atoms with E-state index in [9.17, 15) is 4.79 Å². The largest absolute Gasteiger partial charge is 0.303 e. The van der Waals surface area contributed by atoms with E-state index in [1.807, 2.05) is 0 Å². The molecule has 74 valence electrons. The van der Waals surface area contributed by atoms with Gasteiger partial charge in [0.25, 0.3) is 0 Å². The normalized spacial score (nSPS) is 57.6. The van der Waals surface area contributed by atoms with Gasteiger partial charge in [-0.2, -0.15) is 0 Å². The molecule has 4 aliphatic carbocycles. The maximum Gasteiger partial charge on any atom is 0.123 e. The predicted octanol–water partition coefficient (Wildman–Crippen LogP) is 2.42. The molecule has 3 fully saturated rings. The van der Waals surface area contributed by atoms with Gasteiger partial charge in [0.2, 0.25) is 0 Å². The summed E-state index contributed by atoms with van der Waals surface area (Å²) in [5, 5.41) is 0. The molecule has 3 saturated carbocycles. The van der Waals surface area contributed by atoms with E-state index in [4.69, 9.17) is 0 Å². The van der Waals surface area contributed by atoms with E-state index in [1.165, 1.54) is 32.0 Å². The van der Waals surface area contributed by atoms with Crippen LogP contribution in [0.1, 0.15) is 25.7 Å². The molecule has 0 saturated heterocycles. The van der Waals surface area contributed by atoms with Gasteiger partial charge in [-0.1, -0.05) is 11.6 Å². The van der Waals surface area contributed by atoms with Crippen LogP contribution in [0, 0.1) is 35.5 Å². The van der Waals surface area contributed by atoms with Crippen LogP contribution in [0.25, 0.3) is 0 Å². The van der Waals surface area contributed by atoms with Crippen LogP contribution in [0.5, 0.6) is 0 Å². The van der Waals surface area contributed by atoms with Gasteiger partial charge in [0, 0.05) is 5.92 Å². The van der Waals surface area contributed by atoms with Crippen LogP contribution < -0.4 is 0 Å². The molecule has 4 aliphatic rings. The number of allylic oxidation sites excluding steroid dienone is 2. The minimum atomic E-state index is 0.432. The molecular weight excluding hydrogens is 172 g/mol. The number of rotatable bonds is 1. The number of hydrogen-bond acceptors (Lipinski definition) is 1. The number of carbonyl (C=O) groups excluding carboxylic acids is 1. The van der Waals surface area contributed by atoms with Crippen LogP contribution in [0.15, 0.2) is 11.6 Å². The smallest absolute Gasteiger partial charge is 0.123 e. The predicted molar refractivity (Wildman–Crippen MR) is 53.6 cm³/mol. The van der Waals surface area contributed by atoms with Crippen molar-refractivity contribution in [3.05, 3.63) is 11.6 Å². The molecule has 0 heterocycles. The van der Waals surface area contributed by atoms with E-state index >= 15 is 0 Å². The molecule has 0 aromatic rings. The highest BCUT2D eigenvalue weighted by atomic mass is 16.1. The monoisotopic (exact) mass is 188 g/mol. The maximum atomic E-state index is 11.0. The lowest BCUT2D eigenvalue weighted by Gasteiger charge is -2.34. The highest BCUT2D eigenvalue weighted by Crippen LogP contribution is 2.66. The lowest BCUT2D eigenvalue weighted by atomic mass is 9.70. The van der Waals surface area contributed by atoms with Gasteiger partial charge in [-0.15, -0.1) is 0 Å². The molecule has 6 unspecified atom stereocenters. The van der Waals surface area contributed by atoms with Crippen molar-refractivity contribution in [1.29, 1.82) is 0 Å². The third kappa shape index (κ3) is 0.687. The van der Waals surface area contributed by atoms with Crippen molar-refractivity contribution >= 4 is 6.29 Å². The Bertz CT molecular complexity index is 330. The minimum Gasteiger partial charge on any atom is -0.303 e. The zero-order valence-corrected chi connectivity index (χ0v) is 8.36. The van der Waals surface area contributed by atoms with Crippen LogP contribution in [0.3, 0.4) is 0 Å². The molecule has 6 atom stereocenters.